The van der Waals surface area contributed by atoms with Crippen molar-refractivity contribution in [2.75, 3.05) is 25.1 Å². The summed E-state index contributed by atoms with van der Waals surface area (Å²) in [7, 11) is 1.64. The van der Waals surface area contributed by atoms with Gasteiger partial charge in [-0.25, -0.2) is 0 Å². The number of furan rings is 1. The topological polar surface area (TPSA) is 49.4 Å². The Morgan fingerprint density at radius 1 is 0.966 bits per heavy atom. The van der Waals surface area contributed by atoms with Gasteiger partial charge in [-0.05, 0) is 37.0 Å². The van der Waals surface area contributed by atoms with Gasteiger partial charge in [0.15, 0.2) is 11.3 Å². The van der Waals surface area contributed by atoms with Gasteiger partial charge in [0.25, 0.3) is 0 Å². The summed E-state index contributed by atoms with van der Waals surface area (Å²) in [4.78, 5) is 2.35. The van der Waals surface area contributed by atoms with Gasteiger partial charge in [0.2, 0.25) is 0 Å². The van der Waals surface area contributed by atoms with Crippen LogP contribution in [-0.2, 0) is 0 Å². The van der Waals surface area contributed by atoms with E-state index in [0.29, 0.717) is 16.9 Å². The molecule has 1 aliphatic rings. The summed E-state index contributed by atoms with van der Waals surface area (Å²) in [6, 6.07) is 20.7. The minimum atomic E-state index is 0.682. The van der Waals surface area contributed by atoms with Crippen LogP contribution in [0.25, 0.3) is 33.1 Å². The number of para-hydroxylation sites is 1. The summed E-state index contributed by atoms with van der Waals surface area (Å²) in [5.41, 5.74) is 5.22. The van der Waals surface area contributed by atoms with Crippen molar-refractivity contribution in [1.29, 1.82) is 5.26 Å². The molecule has 5 rings (SSSR count). The lowest BCUT2D eigenvalue weighted by atomic mass is 9.96. The van der Waals surface area contributed by atoms with E-state index in [0.717, 1.165) is 59.1 Å². The molecule has 0 radical (unpaired) electrons. The fraction of sp³-hybridized carbons (Fsp3) is 0.240. The largest absolute Gasteiger partial charge is 0.493 e. The molecule has 144 valence electrons. The third-order valence-electron chi connectivity index (χ3n) is 5.82. The summed E-state index contributed by atoms with van der Waals surface area (Å²) in [6.07, 6.45) is 3.56. The highest BCUT2D eigenvalue weighted by molar-refractivity contribution is 6.15. The van der Waals surface area contributed by atoms with Gasteiger partial charge in [0, 0.05) is 29.4 Å². The number of hydrogen-bond acceptors (Lipinski definition) is 4. The number of methoxy groups -OCH3 is 1. The summed E-state index contributed by atoms with van der Waals surface area (Å²) in [6.45, 7) is 1.96. The number of hydrogen-bond donors (Lipinski definition) is 0. The molecule has 0 amide bonds. The Balaban J connectivity index is 1.91. The summed E-state index contributed by atoms with van der Waals surface area (Å²) < 4.78 is 11.9. The van der Waals surface area contributed by atoms with Gasteiger partial charge in [0.1, 0.15) is 11.7 Å². The van der Waals surface area contributed by atoms with Crippen LogP contribution in [0.15, 0.2) is 59.0 Å². The highest BCUT2D eigenvalue weighted by Gasteiger charge is 2.24. The molecule has 0 bridgehead atoms. The van der Waals surface area contributed by atoms with E-state index in [1.165, 1.54) is 6.42 Å². The first-order valence-electron chi connectivity index (χ1n) is 10.1. The first kappa shape index (κ1) is 17.6. The quantitative estimate of drug-likeness (QED) is 0.428. The Morgan fingerprint density at radius 3 is 2.48 bits per heavy atom. The van der Waals surface area contributed by atoms with Crippen molar-refractivity contribution in [2.24, 2.45) is 0 Å². The lowest BCUT2D eigenvalue weighted by Crippen LogP contribution is -2.30. The molecule has 0 spiro atoms. The van der Waals surface area contributed by atoms with Crippen LogP contribution in [-0.4, -0.2) is 20.2 Å². The summed E-state index contributed by atoms with van der Waals surface area (Å²) in [5, 5.41) is 12.0. The molecule has 4 heteroatoms. The van der Waals surface area contributed by atoms with Crippen molar-refractivity contribution in [3.05, 3.63) is 60.2 Å². The van der Waals surface area contributed by atoms with Crippen LogP contribution in [0.4, 0.5) is 5.69 Å². The number of nitrogens with zero attached hydrogens (tertiary/aromatic N) is 2. The molecule has 1 saturated heterocycles. The fourth-order valence-electron chi connectivity index (χ4n) is 4.42. The number of anilines is 1. The van der Waals surface area contributed by atoms with Crippen molar-refractivity contribution in [3.63, 3.8) is 0 Å². The van der Waals surface area contributed by atoms with E-state index in [9.17, 15) is 5.26 Å². The third-order valence-corrected chi connectivity index (χ3v) is 5.82. The van der Waals surface area contributed by atoms with Crippen molar-refractivity contribution >= 4 is 27.6 Å². The minimum Gasteiger partial charge on any atom is -0.493 e. The second-order valence-corrected chi connectivity index (χ2v) is 7.49. The average molecular weight is 382 g/mol. The standard InChI is InChI=1S/C25H22N2O2/c1-28-22-12-8-11-18-23-20(16-26)21(27-13-6-3-7-14-27)15-19(25(23)29-24(18)22)17-9-4-2-5-10-17/h2,4-5,8-12,15H,3,6-7,13-14H2,1H3. The Morgan fingerprint density at radius 2 is 1.76 bits per heavy atom. The maximum Gasteiger partial charge on any atom is 0.177 e. The van der Waals surface area contributed by atoms with Gasteiger partial charge in [-0.1, -0.05) is 42.5 Å². The molecular formula is C25H22N2O2. The molecule has 0 aliphatic carbocycles. The Hall–Kier alpha value is -3.45. The van der Waals surface area contributed by atoms with Crippen molar-refractivity contribution in [3.8, 4) is 22.9 Å². The van der Waals surface area contributed by atoms with E-state index in [1.54, 1.807) is 7.11 Å². The van der Waals surface area contributed by atoms with Gasteiger partial charge in [-0.3, -0.25) is 0 Å². The predicted octanol–water partition coefficient (Wildman–Crippen LogP) is 6.12. The number of fused-ring (bicyclic) bond motifs is 3. The summed E-state index contributed by atoms with van der Waals surface area (Å²) in [5.74, 6) is 0.682. The molecule has 0 atom stereocenters. The van der Waals surface area contributed by atoms with E-state index < -0.39 is 0 Å². The zero-order valence-corrected chi connectivity index (χ0v) is 16.4. The SMILES string of the molecule is COc1cccc2c1oc1c(-c3ccccc3)cc(N3CCCCC3)c(C#N)c12. The van der Waals surface area contributed by atoms with Crippen LogP contribution in [0.2, 0.25) is 0 Å². The van der Waals surface area contributed by atoms with E-state index in [1.807, 2.05) is 36.4 Å². The van der Waals surface area contributed by atoms with Crippen LogP contribution >= 0.6 is 0 Å². The first-order chi connectivity index (χ1) is 14.3. The number of piperidine rings is 1. The zero-order chi connectivity index (χ0) is 19.8. The van der Waals surface area contributed by atoms with Crippen LogP contribution in [0, 0.1) is 11.3 Å². The van der Waals surface area contributed by atoms with E-state index in [4.69, 9.17) is 9.15 Å². The van der Waals surface area contributed by atoms with Crippen LogP contribution < -0.4 is 9.64 Å². The molecule has 0 unspecified atom stereocenters. The molecule has 0 saturated carbocycles. The van der Waals surface area contributed by atoms with Gasteiger partial charge in [-0.15, -0.1) is 0 Å². The van der Waals surface area contributed by atoms with Crippen LogP contribution in [0.1, 0.15) is 24.8 Å². The summed E-state index contributed by atoms with van der Waals surface area (Å²) >= 11 is 0. The third kappa shape index (κ3) is 2.82. The fourth-order valence-corrected chi connectivity index (χ4v) is 4.42. The second-order valence-electron chi connectivity index (χ2n) is 7.49. The molecule has 0 N–H and O–H groups in total. The molecule has 29 heavy (non-hydrogen) atoms. The highest BCUT2D eigenvalue weighted by atomic mass is 16.5. The smallest absolute Gasteiger partial charge is 0.177 e. The van der Waals surface area contributed by atoms with Gasteiger partial charge < -0.3 is 14.1 Å². The molecule has 1 aliphatic heterocycles. The monoisotopic (exact) mass is 382 g/mol. The molecular weight excluding hydrogens is 360 g/mol. The molecule has 3 aromatic carbocycles. The number of ether oxygens (including phenoxy) is 1. The van der Waals surface area contributed by atoms with Crippen molar-refractivity contribution in [2.45, 2.75) is 19.3 Å². The number of benzene rings is 3. The molecule has 1 fully saturated rings. The molecule has 2 heterocycles. The maximum absolute atomic E-state index is 10.2. The normalized spacial score (nSPS) is 14.3. The van der Waals surface area contributed by atoms with Crippen molar-refractivity contribution in [1.82, 2.24) is 0 Å². The molecule has 1 aromatic heterocycles. The Bertz CT molecular complexity index is 1230. The first-order valence-corrected chi connectivity index (χ1v) is 10.1. The Kier molecular flexibility index (Phi) is 4.37. The van der Waals surface area contributed by atoms with Crippen LogP contribution in [0.5, 0.6) is 5.75 Å². The van der Waals surface area contributed by atoms with Crippen molar-refractivity contribution < 1.29 is 9.15 Å². The van der Waals surface area contributed by atoms with E-state index in [2.05, 4.69) is 29.2 Å². The maximum atomic E-state index is 10.2. The van der Waals surface area contributed by atoms with E-state index >= 15 is 0 Å². The van der Waals surface area contributed by atoms with Crippen LogP contribution in [0.3, 0.4) is 0 Å². The zero-order valence-electron chi connectivity index (χ0n) is 16.4. The second kappa shape index (κ2) is 7.18. The van der Waals surface area contributed by atoms with Gasteiger partial charge in [0.05, 0.1) is 18.4 Å². The number of rotatable bonds is 3. The molecule has 4 aromatic rings. The highest BCUT2D eigenvalue weighted by Crippen LogP contribution is 2.44. The number of nitriles is 1. The Labute approximate surface area is 169 Å². The van der Waals surface area contributed by atoms with Gasteiger partial charge >= 0.3 is 0 Å². The van der Waals surface area contributed by atoms with Gasteiger partial charge in [-0.2, -0.15) is 5.26 Å². The minimum absolute atomic E-state index is 0.682. The molecule has 4 nitrogen and oxygen atoms in total. The lowest BCUT2D eigenvalue weighted by Gasteiger charge is -2.30. The predicted molar refractivity (Wildman–Crippen MR) is 116 cm³/mol. The lowest BCUT2D eigenvalue weighted by molar-refractivity contribution is 0.412. The average Bonchev–Trinajstić information content (AvgIpc) is 3.19. The van der Waals surface area contributed by atoms with E-state index in [-0.39, 0.29) is 0 Å².